The molecule has 0 aromatic carbocycles. The predicted molar refractivity (Wildman–Crippen MR) is 60.6 cm³/mol. The lowest BCUT2D eigenvalue weighted by atomic mass is 9.77. The molecule has 2 amide bonds. The highest BCUT2D eigenvalue weighted by Crippen LogP contribution is 2.31. The molecule has 0 bridgehead atoms. The Morgan fingerprint density at radius 1 is 1.56 bits per heavy atom. The van der Waals surface area contributed by atoms with E-state index in [1.165, 1.54) is 6.33 Å². The van der Waals surface area contributed by atoms with Crippen LogP contribution >= 0.6 is 0 Å². The van der Waals surface area contributed by atoms with Crippen LogP contribution in [0.3, 0.4) is 0 Å². The molecule has 1 fully saturated rings. The number of aliphatic carboxylic acids is 1. The average Bonchev–Trinajstić information content (AvgIpc) is 2.66. The van der Waals surface area contributed by atoms with Crippen LogP contribution < -0.4 is 10.6 Å². The minimum Gasteiger partial charge on any atom is -0.480 e. The van der Waals surface area contributed by atoms with Gasteiger partial charge in [0.1, 0.15) is 11.9 Å². The van der Waals surface area contributed by atoms with E-state index in [1.807, 2.05) is 0 Å². The minimum absolute atomic E-state index is 0.206. The lowest BCUT2D eigenvalue weighted by molar-refractivity contribution is -0.148. The Bertz CT molecular complexity index is 466. The second kappa shape index (κ2) is 4.63. The van der Waals surface area contributed by atoms with Crippen molar-refractivity contribution in [2.24, 2.45) is 7.05 Å². The molecule has 1 aromatic heterocycles. The number of rotatable bonds is 4. The molecule has 1 aliphatic rings. The first-order valence-electron chi connectivity index (χ1n) is 5.66. The Morgan fingerprint density at radius 2 is 2.28 bits per heavy atom. The summed E-state index contributed by atoms with van der Waals surface area (Å²) in [6, 6.07) is -0.500. The maximum Gasteiger partial charge on any atom is 0.329 e. The van der Waals surface area contributed by atoms with Crippen molar-refractivity contribution < 1.29 is 14.7 Å². The normalized spacial score (nSPS) is 16.7. The summed E-state index contributed by atoms with van der Waals surface area (Å²) in [4.78, 5) is 22.7. The molecule has 1 aliphatic carbocycles. The fraction of sp³-hybridized carbons (Fsp3) is 0.600. The number of carbonyl (C=O) groups is 2. The van der Waals surface area contributed by atoms with E-state index >= 15 is 0 Å². The first kappa shape index (κ1) is 12.3. The van der Waals surface area contributed by atoms with Crippen LogP contribution in [0.15, 0.2) is 6.33 Å². The molecule has 0 saturated heterocycles. The number of urea groups is 1. The van der Waals surface area contributed by atoms with E-state index in [0.717, 1.165) is 6.42 Å². The van der Waals surface area contributed by atoms with Crippen LogP contribution in [0.2, 0.25) is 0 Å². The molecule has 3 N–H and O–H groups in total. The van der Waals surface area contributed by atoms with Crippen LogP contribution in [0.1, 0.15) is 25.1 Å². The zero-order valence-electron chi connectivity index (χ0n) is 10.0. The topological polar surface area (TPSA) is 109 Å². The van der Waals surface area contributed by atoms with Crippen molar-refractivity contribution in [2.75, 3.05) is 0 Å². The molecule has 8 heteroatoms. The minimum atomic E-state index is -1.09. The highest BCUT2D eigenvalue weighted by atomic mass is 16.4. The van der Waals surface area contributed by atoms with Gasteiger partial charge in [0.2, 0.25) is 0 Å². The number of amides is 2. The highest BCUT2D eigenvalue weighted by Gasteiger charge is 2.45. The first-order valence-corrected chi connectivity index (χ1v) is 5.66. The van der Waals surface area contributed by atoms with Gasteiger partial charge < -0.3 is 20.3 Å². The fourth-order valence-corrected chi connectivity index (χ4v) is 1.81. The molecule has 0 unspecified atom stereocenters. The van der Waals surface area contributed by atoms with Gasteiger partial charge in [-0.2, -0.15) is 0 Å². The first-order chi connectivity index (χ1) is 8.53. The number of hydrogen-bond donors (Lipinski definition) is 3. The maximum atomic E-state index is 11.6. The SMILES string of the molecule is Cn1cnnc1CNC(=O)NC1(C(=O)O)CCC1. The van der Waals surface area contributed by atoms with Crippen LogP contribution in [0.5, 0.6) is 0 Å². The number of nitrogens with zero attached hydrogens (tertiary/aromatic N) is 3. The van der Waals surface area contributed by atoms with Gasteiger partial charge in [0.15, 0.2) is 5.82 Å². The van der Waals surface area contributed by atoms with E-state index in [4.69, 9.17) is 5.11 Å². The smallest absolute Gasteiger partial charge is 0.329 e. The van der Waals surface area contributed by atoms with E-state index in [0.29, 0.717) is 18.7 Å². The molecular formula is C10H15N5O3. The highest BCUT2D eigenvalue weighted by molar-refractivity contribution is 5.87. The molecule has 0 atom stereocenters. The van der Waals surface area contributed by atoms with Crippen LogP contribution in [0, 0.1) is 0 Å². The summed E-state index contributed by atoms with van der Waals surface area (Å²) in [6.45, 7) is 0.206. The fourth-order valence-electron chi connectivity index (χ4n) is 1.81. The maximum absolute atomic E-state index is 11.6. The molecular weight excluding hydrogens is 238 g/mol. The van der Waals surface area contributed by atoms with Gasteiger partial charge in [-0.3, -0.25) is 0 Å². The second-order valence-electron chi connectivity index (χ2n) is 4.41. The van der Waals surface area contributed by atoms with Crippen LogP contribution in [0.4, 0.5) is 4.79 Å². The summed E-state index contributed by atoms with van der Waals surface area (Å²) in [5.74, 6) is -0.384. The summed E-state index contributed by atoms with van der Waals surface area (Å²) in [5, 5.41) is 21.6. The lowest BCUT2D eigenvalue weighted by Crippen LogP contribution is -2.61. The van der Waals surface area contributed by atoms with Gasteiger partial charge in [-0.05, 0) is 19.3 Å². The van der Waals surface area contributed by atoms with E-state index < -0.39 is 17.5 Å². The Hall–Kier alpha value is -2.12. The van der Waals surface area contributed by atoms with Crippen LogP contribution in [-0.4, -0.2) is 37.4 Å². The number of carboxylic acid groups (broad SMARTS) is 1. The average molecular weight is 253 g/mol. The zero-order valence-corrected chi connectivity index (χ0v) is 10.0. The number of carbonyl (C=O) groups excluding carboxylic acids is 1. The van der Waals surface area contributed by atoms with Gasteiger partial charge >= 0.3 is 12.0 Å². The largest absolute Gasteiger partial charge is 0.480 e. The molecule has 1 aromatic rings. The van der Waals surface area contributed by atoms with Gasteiger partial charge in [-0.15, -0.1) is 10.2 Å². The van der Waals surface area contributed by atoms with E-state index in [1.54, 1.807) is 11.6 Å². The number of aromatic nitrogens is 3. The predicted octanol–water partition coefficient (Wildman–Crippen LogP) is -0.378. The van der Waals surface area contributed by atoms with Crippen molar-refractivity contribution in [3.63, 3.8) is 0 Å². The summed E-state index contributed by atoms with van der Waals surface area (Å²) < 4.78 is 1.68. The Morgan fingerprint density at radius 3 is 2.72 bits per heavy atom. The monoisotopic (exact) mass is 253 g/mol. The third kappa shape index (κ3) is 2.27. The van der Waals surface area contributed by atoms with Gasteiger partial charge in [0.25, 0.3) is 0 Å². The number of hydrogen-bond acceptors (Lipinski definition) is 4. The number of carboxylic acids is 1. The van der Waals surface area contributed by atoms with Gasteiger partial charge in [-0.1, -0.05) is 0 Å². The van der Waals surface area contributed by atoms with E-state index in [9.17, 15) is 9.59 Å². The van der Waals surface area contributed by atoms with Gasteiger partial charge in [0, 0.05) is 7.05 Å². The second-order valence-corrected chi connectivity index (χ2v) is 4.41. The van der Waals surface area contributed by atoms with Gasteiger partial charge in [-0.25, -0.2) is 9.59 Å². The van der Waals surface area contributed by atoms with Crippen molar-refractivity contribution in [1.29, 1.82) is 0 Å². The van der Waals surface area contributed by atoms with E-state index in [-0.39, 0.29) is 6.54 Å². The van der Waals surface area contributed by atoms with Crippen molar-refractivity contribution in [3.05, 3.63) is 12.2 Å². The molecule has 98 valence electrons. The van der Waals surface area contributed by atoms with Crippen LogP contribution in [-0.2, 0) is 18.4 Å². The Balaban J connectivity index is 1.86. The Labute approximate surface area is 103 Å². The third-order valence-corrected chi connectivity index (χ3v) is 3.18. The summed E-state index contributed by atoms with van der Waals surface area (Å²) in [5.41, 5.74) is -1.09. The summed E-state index contributed by atoms with van der Waals surface area (Å²) in [7, 11) is 1.76. The van der Waals surface area contributed by atoms with Gasteiger partial charge in [0.05, 0.1) is 6.54 Å². The molecule has 8 nitrogen and oxygen atoms in total. The number of nitrogens with one attached hydrogen (secondary N) is 2. The Kier molecular flexibility index (Phi) is 3.17. The molecule has 18 heavy (non-hydrogen) atoms. The van der Waals surface area contributed by atoms with Crippen molar-refractivity contribution >= 4 is 12.0 Å². The van der Waals surface area contributed by atoms with Crippen molar-refractivity contribution in [2.45, 2.75) is 31.3 Å². The number of aryl methyl sites for hydroxylation is 1. The van der Waals surface area contributed by atoms with Crippen LogP contribution in [0.25, 0.3) is 0 Å². The third-order valence-electron chi connectivity index (χ3n) is 3.18. The van der Waals surface area contributed by atoms with E-state index in [2.05, 4.69) is 20.8 Å². The molecule has 2 rings (SSSR count). The molecule has 0 radical (unpaired) electrons. The molecule has 0 aliphatic heterocycles. The quantitative estimate of drug-likeness (QED) is 0.677. The molecule has 1 saturated carbocycles. The van der Waals surface area contributed by atoms with Crippen molar-refractivity contribution in [1.82, 2.24) is 25.4 Å². The molecule has 1 heterocycles. The van der Waals surface area contributed by atoms with Crippen molar-refractivity contribution in [3.8, 4) is 0 Å². The summed E-state index contributed by atoms with van der Waals surface area (Å²) >= 11 is 0. The standard InChI is InChI=1S/C10H15N5O3/c1-15-6-12-14-7(15)5-11-9(18)13-10(8(16)17)3-2-4-10/h6H,2-5H2,1H3,(H,16,17)(H2,11,13,18). The lowest BCUT2D eigenvalue weighted by Gasteiger charge is -2.38. The summed E-state index contributed by atoms with van der Waals surface area (Å²) in [6.07, 6.45) is 3.29. The molecule has 0 spiro atoms. The zero-order chi connectivity index (χ0) is 13.2.